The molecule has 0 amide bonds. The van der Waals surface area contributed by atoms with Gasteiger partial charge in [-0.05, 0) is 24.3 Å². The number of nitro groups is 1. The molecule has 0 saturated carbocycles. The molecule has 1 N–H and O–H groups in total. The Kier molecular flexibility index (Phi) is 3.59. The van der Waals surface area contributed by atoms with Crippen LogP contribution in [0.25, 0.3) is 10.2 Å². The van der Waals surface area contributed by atoms with Crippen molar-refractivity contribution in [3.63, 3.8) is 0 Å². The number of anilines is 1. The first-order valence-electron chi connectivity index (χ1n) is 5.71. The number of halogens is 1. The zero-order valence-corrected chi connectivity index (χ0v) is 11.9. The standard InChI is InChI=1S/C12H7FN4O2S2/c13-7-1-3-9-10(5-7)21-12(15-9)16-14-6-8-2-4-11(20-8)17(18)19/h1-6H,(H,15,16)/b14-6-. The Balaban J connectivity index is 1.73. The van der Waals surface area contributed by atoms with E-state index < -0.39 is 4.92 Å². The van der Waals surface area contributed by atoms with Crippen LogP contribution in [0.1, 0.15) is 4.88 Å². The molecule has 0 aliphatic rings. The largest absolute Gasteiger partial charge is 0.324 e. The lowest BCUT2D eigenvalue weighted by Crippen LogP contribution is -1.87. The van der Waals surface area contributed by atoms with Gasteiger partial charge >= 0.3 is 5.00 Å². The Morgan fingerprint density at radius 1 is 1.33 bits per heavy atom. The lowest BCUT2D eigenvalue weighted by molar-refractivity contribution is -0.380. The molecule has 2 heterocycles. The van der Waals surface area contributed by atoms with Crippen molar-refractivity contribution in [2.24, 2.45) is 5.10 Å². The highest BCUT2D eigenvalue weighted by Crippen LogP contribution is 2.26. The van der Waals surface area contributed by atoms with Crippen LogP contribution >= 0.6 is 22.7 Å². The maximum Gasteiger partial charge on any atom is 0.324 e. The quantitative estimate of drug-likeness (QED) is 0.449. The van der Waals surface area contributed by atoms with Gasteiger partial charge in [0.05, 0.1) is 26.2 Å². The number of nitrogens with zero attached hydrogens (tertiary/aromatic N) is 3. The van der Waals surface area contributed by atoms with Crippen LogP contribution in [-0.2, 0) is 0 Å². The monoisotopic (exact) mass is 322 g/mol. The first kappa shape index (κ1) is 13.6. The van der Waals surface area contributed by atoms with Gasteiger partial charge in [-0.3, -0.25) is 15.5 Å². The van der Waals surface area contributed by atoms with Crippen molar-refractivity contribution in [2.45, 2.75) is 0 Å². The molecule has 9 heteroatoms. The number of hydrazone groups is 1. The van der Waals surface area contributed by atoms with Crippen molar-refractivity contribution in [3.05, 3.63) is 51.1 Å². The van der Waals surface area contributed by atoms with E-state index in [4.69, 9.17) is 0 Å². The van der Waals surface area contributed by atoms with Crippen LogP contribution in [-0.4, -0.2) is 16.1 Å². The van der Waals surface area contributed by atoms with Gasteiger partial charge in [-0.1, -0.05) is 22.7 Å². The summed E-state index contributed by atoms with van der Waals surface area (Å²) in [4.78, 5) is 15.0. The fourth-order valence-electron chi connectivity index (χ4n) is 1.61. The number of benzene rings is 1. The molecule has 0 aliphatic carbocycles. The second kappa shape index (κ2) is 5.54. The molecule has 6 nitrogen and oxygen atoms in total. The number of fused-ring (bicyclic) bond motifs is 1. The molecule has 2 aromatic heterocycles. The van der Waals surface area contributed by atoms with E-state index in [1.54, 1.807) is 12.1 Å². The van der Waals surface area contributed by atoms with Crippen LogP contribution in [0.5, 0.6) is 0 Å². The molecule has 3 aromatic rings. The number of hydrogen-bond acceptors (Lipinski definition) is 7. The Labute approximate surface area is 125 Å². The zero-order chi connectivity index (χ0) is 14.8. The maximum atomic E-state index is 13.1. The lowest BCUT2D eigenvalue weighted by atomic mass is 10.3. The average molecular weight is 322 g/mol. The molecule has 0 atom stereocenters. The molecule has 3 rings (SSSR count). The molecule has 1 aromatic carbocycles. The maximum absolute atomic E-state index is 13.1. The van der Waals surface area contributed by atoms with Gasteiger partial charge in [-0.15, -0.1) is 0 Å². The fraction of sp³-hybridized carbons (Fsp3) is 0. The van der Waals surface area contributed by atoms with E-state index in [-0.39, 0.29) is 10.8 Å². The number of aromatic nitrogens is 1. The highest BCUT2D eigenvalue weighted by Gasteiger charge is 2.08. The molecule has 0 radical (unpaired) electrons. The van der Waals surface area contributed by atoms with E-state index in [9.17, 15) is 14.5 Å². The van der Waals surface area contributed by atoms with Crippen molar-refractivity contribution in [1.29, 1.82) is 0 Å². The van der Waals surface area contributed by atoms with Gasteiger partial charge in [0.2, 0.25) is 5.13 Å². The van der Waals surface area contributed by atoms with Crippen molar-refractivity contribution in [1.82, 2.24) is 4.98 Å². The third kappa shape index (κ3) is 3.03. The highest BCUT2D eigenvalue weighted by molar-refractivity contribution is 7.22. The third-order valence-corrected chi connectivity index (χ3v) is 4.39. The minimum atomic E-state index is -0.447. The zero-order valence-electron chi connectivity index (χ0n) is 10.3. The molecule has 0 bridgehead atoms. The van der Waals surface area contributed by atoms with Crippen molar-refractivity contribution < 1.29 is 9.31 Å². The summed E-state index contributed by atoms with van der Waals surface area (Å²) in [6, 6.07) is 7.39. The Morgan fingerprint density at radius 3 is 2.95 bits per heavy atom. The molecular formula is C12H7FN4O2S2. The first-order valence-corrected chi connectivity index (χ1v) is 7.34. The molecular weight excluding hydrogens is 315 g/mol. The second-order valence-electron chi connectivity index (χ2n) is 3.93. The van der Waals surface area contributed by atoms with Gasteiger partial charge in [-0.2, -0.15) is 5.10 Å². The molecule has 21 heavy (non-hydrogen) atoms. The number of thiophene rings is 1. The minimum absolute atomic E-state index is 0.0620. The van der Waals surface area contributed by atoms with E-state index in [1.807, 2.05) is 0 Å². The van der Waals surface area contributed by atoms with Crippen LogP contribution in [0.4, 0.5) is 14.5 Å². The van der Waals surface area contributed by atoms with E-state index in [2.05, 4.69) is 15.5 Å². The van der Waals surface area contributed by atoms with E-state index in [0.29, 0.717) is 15.5 Å². The summed E-state index contributed by atoms with van der Waals surface area (Å²) in [5, 5.41) is 15.1. The molecule has 0 spiro atoms. The Morgan fingerprint density at radius 2 is 2.19 bits per heavy atom. The smallest absolute Gasteiger partial charge is 0.258 e. The summed E-state index contributed by atoms with van der Waals surface area (Å²) < 4.78 is 13.8. The van der Waals surface area contributed by atoms with Gasteiger partial charge in [0, 0.05) is 6.07 Å². The van der Waals surface area contributed by atoms with Crippen molar-refractivity contribution >= 4 is 49.2 Å². The van der Waals surface area contributed by atoms with E-state index in [0.717, 1.165) is 16.0 Å². The Bertz CT molecular complexity index is 843. The summed E-state index contributed by atoms with van der Waals surface area (Å²) in [5.74, 6) is -0.313. The lowest BCUT2D eigenvalue weighted by Gasteiger charge is -1.90. The van der Waals surface area contributed by atoms with Gasteiger partial charge in [0.25, 0.3) is 0 Å². The van der Waals surface area contributed by atoms with Crippen LogP contribution in [0.2, 0.25) is 0 Å². The highest BCUT2D eigenvalue weighted by atomic mass is 32.1. The number of thiazole rings is 1. The van der Waals surface area contributed by atoms with Crippen LogP contribution in [0.3, 0.4) is 0 Å². The van der Waals surface area contributed by atoms with E-state index in [1.165, 1.54) is 35.8 Å². The summed E-state index contributed by atoms with van der Waals surface area (Å²) >= 11 is 2.30. The third-order valence-electron chi connectivity index (χ3n) is 2.50. The second-order valence-corrected chi connectivity index (χ2v) is 6.06. The Hall–Kier alpha value is -2.39. The van der Waals surface area contributed by atoms with Gasteiger partial charge < -0.3 is 0 Å². The van der Waals surface area contributed by atoms with Crippen LogP contribution in [0, 0.1) is 15.9 Å². The number of nitrogens with one attached hydrogen (secondary N) is 1. The SMILES string of the molecule is O=[N+]([O-])c1ccc(/C=N\Nc2nc3ccc(F)cc3s2)s1. The summed E-state index contributed by atoms with van der Waals surface area (Å²) in [6.45, 7) is 0. The summed E-state index contributed by atoms with van der Waals surface area (Å²) in [7, 11) is 0. The normalized spacial score (nSPS) is 11.3. The first-order chi connectivity index (χ1) is 10.1. The van der Waals surface area contributed by atoms with Crippen LogP contribution < -0.4 is 5.43 Å². The van der Waals surface area contributed by atoms with Gasteiger partial charge in [-0.25, -0.2) is 9.37 Å². The minimum Gasteiger partial charge on any atom is -0.258 e. The van der Waals surface area contributed by atoms with Crippen molar-refractivity contribution in [3.8, 4) is 0 Å². The molecule has 0 unspecified atom stereocenters. The average Bonchev–Trinajstić information content (AvgIpc) is 3.04. The number of rotatable bonds is 4. The molecule has 106 valence electrons. The molecule has 0 saturated heterocycles. The van der Waals surface area contributed by atoms with Gasteiger partial charge in [0.1, 0.15) is 5.82 Å². The predicted octanol–water partition coefficient (Wildman–Crippen LogP) is 3.85. The van der Waals surface area contributed by atoms with Crippen molar-refractivity contribution in [2.75, 3.05) is 5.43 Å². The fourth-order valence-corrected chi connectivity index (χ4v) is 3.14. The molecule has 0 aliphatic heterocycles. The predicted molar refractivity (Wildman–Crippen MR) is 81.8 cm³/mol. The topological polar surface area (TPSA) is 80.4 Å². The number of hydrogen-bond donors (Lipinski definition) is 1. The summed E-state index contributed by atoms with van der Waals surface area (Å²) in [6.07, 6.45) is 1.48. The molecule has 0 fully saturated rings. The van der Waals surface area contributed by atoms with E-state index >= 15 is 0 Å². The summed E-state index contributed by atoms with van der Waals surface area (Å²) in [5.41, 5.74) is 3.42. The van der Waals surface area contributed by atoms with Crippen LogP contribution in [0.15, 0.2) is 35.4 Å². The van der Waals surface area contributed by atoms with Gasteiger partial charge in [0.15, 0.2) is 0 Å².